The molecule has 0 aliphatic heterocycles. The molecule has 0 saturated heterocycles. The van der Waals surface area contributed by atoms with Crippen molar-refractivity contribution in [2.24, 2.45) is 0 Å². The third kappa shape index (κ3) is 1.50. The Kier molecular flexibility index (Phi) is 2.07. The quantitative estimate of drug-likeness (QED) is 0.573. The van der Waals surface area contributed by atoms with Gasteiger partial charge in [0.15, 0.2) is 0 Å². The standard InChI is InChI=1S/C12H11N5O/c1-5-6(2)15-10-4-8-7(3-9(10)14-5)11(18)17-12(13)16-8/h3-4H,1-2H3,(H3,13,16,17,18). The highest BCUT2D eigenvalue weighted by Crippen LogP contribution is 2.17. The molecule has 6 heteroatoms. The third-order valence-corrected chi connectivity index (χ3v) is 2.92. The molecule has 3 rings (SSSR count). The van der Waals surface area contributed by atoms with Crippen molar-refractivity contribution in [1.82, 2.24) is 19.9 Å². The molecule has 0 bridgehead atoms. The minimum absolute atomic E-state index is 0.101. The van der Waals surface area contributed by atoms with Gasteiger partial charge in [-0.1, -0.05) is 0 Å². The summed E-state index contributed by atoms with van der Waals surface area (Å²) in [4.78, 5) is 27.2. The van der Waals surface area contributed by atoms with Crippen molar-refractivity contribution in [3.63, 3.8) is 0 Å². The molecule has 2 heterocycles. The molecule has 0 atom stereocenters. The average molecular weight is 241 g/mol. The first-order valence-electron chi connectivity index (χ1n) is 5.49. The van der Waals surface area contributed by atoms with Gasteiger partial charge < -0.3 is 5.73 Å². The fourth-order valence-electron chi connectivity index (χ4n) is 1.88. The van der Waals surface area contributed by atoms with E-state index in [4.69, 9.17) is 5.73 Å². The zero-order chi connectivity index (χ0) is 12.9. The number of hydrogen-bond donors (Lipinski definition) is 2. The second-order valence-electron chi connectivity index (χ2n) is 4.20. The van der Waals surface area contributed by atoms with Gasteiger partial charge in [-0.2, -0.15) is 0 Å². The number of benzene rings is 1. The van der Waals surface area contributed by atoms with Gasteiger partial charge in [0.05, 0.1) is 33.3 Å². The van der Waals surface area contributed by atoms with Crippen LogP contribution in [-0.4, -0.2) is 19.9 Å². The predicted molar refractivity (Wildman–Crippen MR) is 69.3 cm³/mol. The van der Waals surface area contributed by atoms with Gasteiger partial charge in [-0.25, -0.2) is 15.0 Å². The van der Waals surface area contributed by atoms with Gasteiger partial charge in [0.2, 0.25) is 5.95 Å². The molecule has 90 valence electrons. The van der Waals surface area contributed by atoms with Crippen LogP contribution < -0.4 is 11.3 Å². The largest absolute Gasteiger partial charge is 0.369 e. The number of rotatable bonds is 0. The van der Waals surface area contributed by atoms with E-state index in [9.17, 15) is 4.79 Å². The summed E-state index contributed by atoms with van der Waals surface area (Å²) in [5.74, 6) is 0.101. The van der Waals surface area contributed by atoms with Crippen LogP contribution in [0.2, 0.25) is 0 Å². The summed E-state index contributed by atoms with van der Waals surface area (Å²) in [5.41, 5.74) is 8.89. The van der Waals surface area contributed by atoms with Crippen molar-refractivity contribution in [2.45, 2.75) is 13.8 Å². The number of nitrogens with two attached hydrogens (primary N) is 1. The van der Waals surface area contributed by atoms with E-state index >= 15 is 0 Å². The molecule has 1 aromatic carbocycles. The zero-order valence-corrected chi connectivity index (χ0v) is 9.98. The van der Waals surface area contributed by atoms with Crippen LogP contribution in [0, 0.1) is 13.8 Å². The van der Waals surface area contributed by atoms with E-state index in [0.717, 1.165) is 11.4 Å². The zero-order valence-electron chi connectivity index (χ0n) is 9.98. The molecule has 2 aromatic heterocycles. The van der Waals surface area contributed by atoms with Gasteiger partial charge in [-0.3, -0.25) is 9.78 Å². The van der Waals surface area contributed by atoms with Gasteiger partial charge in [-0.15, -0.1) is 0 Å². The van der Waals surface area contributed by atoms with E-state index in [1.165, 1.54) is 0 Å². The number of aromatic nitrogens is 4. The minimum atomic E-state index is -0.264. The minimum Gasteiger partial charge on any atom is -0.369 e. The maximum Gasteiger partial charge on any atom is 0.260 e. The maximum absolute atomic E-state index is 11.8. The number of aromatic amines is 1. The van der Waals surface area contributed by atoms with Gasteiger partial charge in [-0.05, 0) is 26.0 Å². The van der Waals surface area contributed by atoms with E-state index in [1.807, 2.05) is 13.8 Å². The van der Waals surface area contributed by atoms with E-state index in [0.29, 0.717) is 21.9 Å². The molecule has 18 heavy (non-hydrogen) atoms. The number of hydrogen-bond acceptors (Lipinski definition) is 5. The monoisotopic (exact) mass is 241 g/mol. The third-order valence-electron chi connectivity index (χ3n) is 2.92. The van der Waals surface area contributed by atoms with Crippen LogP contribution in [-0.2, 0) is 0 Å². The topological polar surface area (TPSA) is 97.5 Å². The number of nitrogens with one attached hydrogen (secondary N) is 1. The number of fused-ring (bicyclic) bond motifs is 2. The SMILES string of the molecule is Cc1nc2cc3nc(N)[nH]c(=O)c3cc2nc1C. The van der Waals surface area contributed by atoms with Gasteiger partial charge in [0, 0.05) is 0 Å². The summed E-state index contributed by atoms with van der Waals surface area (Å²) in [6.45, 7) is 3.78. The summed E-state index contributed by atoms with van der Waals surface area (Å²) in [6.07, 6.45) is 0. The highest BCUT2D eigenvalue weighted by Gasteiger charge is 2.07. The van der Waals surface area contributed by atoms with Crippen LogP contribution in [0.5, 0.6) is 0 Å². The van der Waals surface area contributed by atoms with E-state index in [1.54, 1.807) is 12.1 Å². The number of nitrogen functional groups attached to an aromatic ring is 1. The Hall–Kier alpha value is -2.50. The van der Waals surface area contributed by atoms with Gasteiger partial charge >= 0.3 is 0 Å². The first-order chi connectivity index (χ1) is 8.54. The van der Waals surface area contributed by atoms with Crippen LogP contribution in [0.1, 0.15) is 11.4 Å². The Bertz CT molecular complexity index is 837. The van der Waals surface area contributed by atoms with E-state index in [2.05, 4.69) is 19.9 Å². The highest BCUT2D eigenvalue weighted by molar-refractivity contribution is 5.92. The molecule has 3 N–H and O–H groups in total. The first kappa shape index (κ1) is 10.6. The lowest BCUT2D eigenvalue weighted by molar-refractivity contribution is 1.10. The van der Waals surface area contributed by atoms with Crippen molar-refractivity contribution in [2.75, 3.05) is 5.73 Å². The average Bonchev–Trinajstić information content (AvgIpc) is 2.29. The molecule has 0 amide bonds. The Morgan fingerprint density at radius 1 is 1.00 bits per heavy atom. The molecule has 0 fully saturated rings. The summed E-state index contributed by atoms with van der Waals surface area (Å²) in [6, 6.07) is 3.42. The number of nitrogens with zero attached hydrogens (tertiary/aromatic N) is 3. The fraction of sp³-hybridized carbons (Fsp3) is 0.167. The van der Waals surface area contributed by atoms with Crippen LogP contribution in [0.25, 0.3) is 21.9 Å². The van der Waals surface area contributed by atoms with Crippen molar-refractivity contribution in [3.8, 4) is 0 Å². The molecule has 6 nitrogen and oxygen atoms in total. The number of anilines is 1. The van der Waals surface area contributed by atoms with Crippen LogP contribution in [0.3, 0.4) is 0 Å². The second kappa shape index (κ2) is 3.49. The van der Waals surface area contributed by atoms with E-state index < -0.39 is 0 Å². The summed E-state index contributed by atoms with van der Waals surface area (Å²) in [7, 11) is 0. The van der Waals surface area contributed by atoms with Crippen molar-refractivity contribution < 1.29 is 0 Å². The Balaban J connectivity index is 2.51. The van der Waals surface area contributed by atoms with E-state index in [-0.39, 0.29) is 11.5 Å². The Labute approximate surface area is 102 Å². The normalized spacial score (nSPS) is 11.2. The molecule has 0 aliphatic carbocycles. The smallest absolute Gasteiger partial charge is 0.260 e. The van der Waals surface area contributed by atoms with Crippen molar-refractivity contribution >= 4 is 27.9 Å². The Morgan fingerprint density at radius 2 is 1.61 bits per heavy atom. The lowest BCUT2D eigenvalue weighted by atomic mass is 10.2. The number of aryl methyl sites for hydroxylation is 2. The van der Waals surface area contributed by atoms with Gasteiger partial charge in [0.25, 0.3) is 5.56 Å². The second-order valence-corrected chi connectivity index (χ2v) is 4.20. The molecular weight excluding hydrogens is 230 g/mol. The molecule has 0 radical (unpaired) electrons. The molecule has 0 aliphatic rings. The molecule has 0 unspecified atom stereocenters. The van der Waals surface area contributed by atoms with Crippen molar-refractivity contribution in [3.05, 3.63) is 33.9 Å². The lowest BCUT2D eigenvalue weighted by Crippen LogP contribution is -2.11. The summed E-state index contributed by atoms with van der Waals surface area (Å²) < 4.78 is 0. The molecular formula is C12H11N5O. The summed E-state index contributed by atoms with van der Waals surface area (Å²) >= 11 is 0. The van der Waals surface area contributed by atoms with Crippen molar-refractivity contribution in [1.29, 1.82) is 0 Å². The van der Waals surface area contributed by atoms with Crippen LogP contribution in [0.15, 0.2) is 16.9 Å². The Morgan fingerprint density at radius 3 is 2.28 bits per heavy atom. The first-order valence-corrected chi connectivity index (χ1v) is 5.49. The predicted octanol–water partition coefficient (Wildman–Crippen LogP) is 1.07. The van der Waals surface area contributed by atoms with Gasteiger partial charge in [0.1, 0.15) is 0 Å². The molecule has 0 saturated carbocycles. The molecule has 3 aromatic rings. The molecule has 0 spiro atoms. The number of H-pyrrole nitrogens is 1. The summed E-state index contributed by atoms with van der Waals surface area (Å²) in [5, 5.41) is 0.467. The maximum atomic E-state index is 11.8. The highest BCUT2D eigenvalue weighted by atomic mass is 16.1. The van der Waals surface area contributed by atoms with Crippen LogP contribution >= 0.6 is 0 Å². The van der Waals surface area contributed by atoms with Crippen LogP contribution in [0.4, 0.5) is 5.95 Å². The fourth-order valence-corrected chi connectivity index (χ4v) is 1.88. The lowest BCUT2D eigenvalue weighted by Gasteiger charge is -2.04.